The summed E-state index contributed by atoms with van der Waals surface area (Å²) in [5, 5.41) is 4.39. The molecule has 0 bridgehead atoms. The van der Waals surface area contributed by atoms with Gasteiger partial charge in [-0.3, -0.25) is 4.68 Å². The Balaban J connectivity index is 1.73. The summed E-state index contributed by atoms with van der Waals surface area (Å²) in [7, 11) is 0. The maximum atomic E-state index is 12.8. The van der Waals surface area contributed by atoms with Gasteiger partial charge in [0.15, 0.2) is 0 Å². The number of aryl methyl sites for hydroxylation is 2. The van der Waals surface area contributed by atoms with Crippen LogP contribution in [0.2, 0.25) is 0 Å². The number of nitrogens with zero attached hydrogens (tertiary/aromatic N) is 5. The average molecular weight is 341 g/mol. The van der Waals surface area contributed by atoms with Gasteiger partial charge >= 0.3 is 6.18 Å². The quantitative estimate of drug-likeness (QED) is 0.857. The molecule has 0 unspecified atom stereocenters. The largest absolute Gasteiger partial charge is 0.433 e. The number of anilines is 1. The lowest BCUT2D eigenvalue weighted by Crippen LogP contribution is -2.45. The number of ether oxygens (including phenoxy) is 1. The number of alkyl halides is 3. The molecule has 24 heavy (non-hydrogen) atoms. The van der Waals surface area contributed by atoms with E-state index in [9.17, 15) is 13.2 Å². The smallest absolute Gasteiger partial charge is 0.373 e. The number of hydrogen-bond donors (Lipinski definition) is 0. The van der Waals surface area contributed by atoms with Crippen molar-refractivity contribution in [2.75, 3.05) is 24.6 Å². The van der Waals surface area contributed by atoms with Crippen LogP contribution in [0.15, 0.2) is 18.3 Å². The predicted molar refractivity (Wildman–Crippen MR) is 80.7 cm³/mol. The molecule has 1 aliphatic heterocycles. The normalized spacial score (nSPS) is 18.9. The van der Waals surface area contributed by atoms with Crippen molar-refractivity contribution >= 4 is 5.95 Å². The second-order valence-electron chi connectivity index (χ2n) is 5.79. The van der Waals surface area contributed by atoms with E-state index in [2.05, 4.69) is 15.1 Å². The Bertz CT molecular complexity index is 715. The molecule has 0 saturated carbocycles. The van der Waals surface area contributed by atoms with E-state index in [1.807, 2.05) is 24.6 Å². The first-order valence-corrected chi connectivity index (χ1v) is 7.61. The fourth-order valence-corrected chi connectivity index (χ4v) is 2.72. The minimum absolute atomic E-state index is 0.0755. The van der Waals surface area contributed by atoms with Crippen molar-refractivity contribution in [2.24, 2.45) is 0 Å². The summed E-state index contributed by atoms with van der Waals surface area (Å²) in [5.74, 6) is 0.0755. The summed E-state index contributed by atoms with van der Waals surface area (Å²) in [5.41, 5.74) is 0.999. The van der Waals surface area contributed by atoms with Gasteiger partial charge in [-0.1, -0.05) is 0 Å². The highest BCUT2D eigenvalue weighted by Crippen LogP contribution is 2.28. The summed E-state index contributed by atoms with van der Waals surface area (Å²) >= 11 is 0. The van der Waals surface area contributed by atoms with E-state index in [0.29, 0.717) is 26.2 Å². The lowest BCUT2D eigenvalue weighted by molar-refractivity contribution is -0.141. The number of aromatic nitrogens is 4. The molecule has 1 aliphatic rings. The third-order valence-electron chi connectivity index (χ3n) is 3.83. The highest BCUT2D eigenvalue weighted by Gasteiger charge is 2.33. The van der Waals surface area contributed by atoms with Gasteiger partial charge in [0.25, 0.3) is 0 Å². The van der Waals surface area contributed by atoms with Crippen LogP contribution < -0.4 is 4.90 Å². The average Bonchev–Trinajstić information content (AvgIpc) is 2.84. The van der Waals surface area contributed by atoms with E-state index >= 15 is 0 Å². The molecule has 0 amide bonds. The standard InChI is InChI=1S/C15H18F3N5O/c1-10-7-11(2)23(21-10)9-12-8-22(5-6-24-12)14-19-4-3-13(20-14)15(16,17)18/h3-4,7,12H,5-6,8-9H2,1-2H3/t12-/m0/s1. The zero-order valence-electron chi connectivity index (χ0n) is 13.4. The molecular weight excluding hydrogens is 323 g/mol. The second kappa shape index (κ2) is 6.39. The minimum Gasteiger partial charge on any atom is -0.373 e. The Hall–Kier alpha value is -2.16. The maximum absolute atomic E-state index is 12.8. The molecule has 9 heteroatoms. The third-order valence-corrected chi connectivity index (χ3v) is 3.83. The lowest BCUT2D eigenvalue weighted by Gasteiger charge is -2.33. The summed E-state index contributed by atoms with van der Waals surface area (Å²) in [6.45, 7) is 5.68. The van der Waals surface area contributed by atoms with Crippen LogP contribution in [-0.4, -0.2) is 45.5 Å². The molecule has 3 heterocycles. The van der Waals surface area contributed by atoms with Gasteiger partial charge in [0, 0.05) is 25.0 Å². The molecular formula is C15H18F3N5O. The van der Waals surface area contributed by atoms with Gasteiger partial charge in [0.05, 0.1) is 24.9 Å². The van der Waals surface area contributed by atoms with Crippen LogP contribution in [0.1, 0.15) is 17.1 Å². The van der Waals surface area contributed by atoms with Crippen molar-refractivity contribution in [2.45, 2.75) is 32.7 Å². The minimum atomic E-state index is -4.48. The lowest BCUT2D eigenvalue weighted by atomic mass is 10.2. The molecule has 0 N–H and O–H groups in total. The highest BCUT2D eigenvalue weighted by molar-refractivity contribution is 5.31. The van der Waals surface area contributed by atoms with E-state index < -0.39 is 11.9 Å². The SMILES string of the molecule is Cc1cc(C)n(C[C@@H]2CN(c3nccc(C(F)(F)F)n3)CCO2)n1. The first kappa shape index (κ1) is 16.7. The van der Waals surface area contributed by atoms with Gasteiger partial charge < -0.3 is 9.64 Å². The van der Waals surface area contributed by atoms with E-state index in [1.54, 1.807) is 4.90 Å². The highest BCUT2D eigenvalue weighted by atomic mass is 19.4. The van der Waals surface area contributed by atoms with Crippen LogP contribution in [0.4, 0.5) is 19.1 Å². The number of rotatable bonds is 3. The number of hydrogen-bond acceptors (Lipinski definition) is 5. The molecule has 3 rings (SSSR count). The van der Waals surface area contributed by atoms with Gasteiger partial charge in [-0.25, -0.2) is 9.97 Å². The topological polar surface area (TPSA) is 56.1 Å². The summed E-state index contributed by atoms with van der Waals surface area (Å²) in [6, 6.07) is 2.84. The Kier molecular flexibility index (Phi) is 4.44. The van der Waals surface area contributed by atoms with E-state index in [1.165, 1.54) is 0 Å². The molecule has 0 aliphatic carbocycles. The monoisotopic (exact) mass is 341 g/mol. The van der Waals surface area contributed by atoms with Crippen molar-refractivity contribution < 1.29 is 17.9 Å². The Morgan fingerprint density at radius 3 is 2.79 bits per heavy atom. The molecule has 1 saturated heterocycles. The van der Waals surface area contributed by atoms with Gasteiger partial charge in [0.1, 0.15) is 5.69 Å². The Labute approximate surface area is 137 Å². The fraction of sp³-hybridized carbons (Fsp3) is 0.533. The first-order chi connectivity index (χ1) is 11.3. The predicted octanol–water partition coefficient (Wildman–Crippen LogP) is 2.21. The Morgan fingerprint density at radius 1 is 1.33 bits per heavy atom. The molecule has 2 aromatic heterocycles. The van der Waals surface area contributed by atoms with Crippen molar-refractivity contribution in [3.05, 3.63) is 35.4 Å². The van der Waals surface area contributed by atoms with E-state index in [0.717, 1.165) is 23.7 Å². The maximum Gasteiger partial charge on any atom is 0.433 e. The van der Waals surface area contributed by atoms with Crippen LogP contribution in [0, 0.1) is 13.8 Å². The Morgan fingerprint density at radius 2 is 2.12 bits per heavy atom. The van der Waals surface area contributed by atoms with Crippen molar-refractivity contribution in [1.29, 1.82) is 0 Å². The van der Waals surface area contributed by atoms with Gasteiger partial charge in [-0.15, -0.1) is 0 Å². The summed E-state index contributed by atoms with van der Waals surface area (Å²) in [6.07, 6.45) is -3.53. The van der Waals surface area contributed by atoms with Gasteiger partial charge in [-0.05, 0) is 26.0 Å². The zero-order valence-corrected chi connectivity index (χ0v) is 13.4. The van der Waals surface area contributed by atoms with Crippen LogP contribution in [0.3, 0.4) is 0 Å². The molecule has 130 valence electrons. The number of halogens is 3. The molecule has 6 nitrogen and oxygen atoms in total. The first-order valence-electron chi connectivity index (χ1n) is 7.61. The molecule has 2 aromatic rings. The van der Waals surface area contributed by atoms with Gasteiger partial charge in [0.2, 0.25) is 5.95 Å². The van der Waals surface area contributed by atoms with Crippen LogP contribution in [-0.2, 0) is 17.5 Å². The summed E-state index contributed by atoms with van der Waals surface area (Å²) < 4.78 is 46.0. The van der Waals surface area contributed by atoms with E-state index in [4.69, 9.17) is 4.74 Å². The number of morpholine rings is 1. The fourth-order valence-electron chi connectivity index (χ4n) is 2.72. The molecule has 0 aromatic carbocycles. The van der Waals surface area contributed by atoms with Crippen LogP contribution in [0.5, 0.6) is 0 Å². The van der Waals surface area contributed by atoms with Crippen molar-refractivity contribution in [3.63, 3.8) is 0 Å². The summed E-state index contributed by atoms with van der Waals surface area (Å²) in [4.78, 5) is 9.34. The molecule has 0 spiro atoms. The molecule has 1 fully saturated rings. The van der Waals surface area contributed by atoms with Crippen LogP contribution >= 0.6 is 0 Å². The zero-order chi connectivity index (χ0) is 17.3. The van der Waals surface area contributed by atoms with Gasteiger partial charge in [-0.2, -0.15) is 18.3 Å². The molecule has 1 atom stereocenters. The molecule has 0 radical (unpaired) electrons. The third kappa shape index (κ3) is 3.66. The van der Waals surface area contributed by atoms with E-state index in [-0.39, 0.29) is 12.1 Å². The second-order valence-corrected chi connectivity index (χ2v) is 5.79. The van der Waals surface area contributed by atoms with Crippen molar-refractivity contribution in [1.82, 2.24) is 19.7 Å². The van der Waals surface area contributed by atoms with Crippen LogP contribution in [0.25, 0.3) is 0 Å². The van der Waals surface area contributed by atoms with Crippen molar-refractivity contribution in [3.8, 4) is 0 Å².